The van der Waals surface area contributed by atoms with Crippen molar-refractivity contribution >= 4 is 29.1 Å². The van der Waals surface area contributed by atoms with Gasteiger partial charge in [0.05, 0.1) is 21.8 Å². The summed E-state index contributed by atoms with van der Waals surface area (Å²) in [4.78, 5) is 24.4. The molecule has 0 radical (unpaired) electrons. The molecule has 0 fully saturated rings. The van der Waals surface area contributed by atoms with E-state index in [0.29, 0.717) is 28.4 Å². The van der Waals surface area contributed by atoms with Crippen molar-refractivity contribution in [2.75, 3.05) is 11.9 Å². The zero-order chi connectivity index (χ0) is 15.9. The average Bonchev–Trinajstić information content (AvgIpc) is 2.53. The fourth-order valence-electron chi connectivity index (χ4n) is 1.89. The Morgan fingerprint density at radius 2 is 1.64 bits per heavy atom. The summed E-state index contributed by atoms with van der Waals surface area (Å²) in [7, 11) is 0. The normalized spacial score (nSPS) is 9.86. The summed E-state index contributed by atoms with van der Waals surface area (Å²) >= 11 is 6.00. The quantitative estimate of drug-likeness (QED) is 0.830. The molecular formula is C17H15ClN2O2. The van der Waals surface area contributed by atoms with Gasteiger partial charge in [-0.1, -0.05) is 41.9 Å². The summed E-state index contributed by atoms with van der Waals surface area (Å²) in [6, 6.07) is 13.5. The summed E-state index contributed by atoms with van der Waals surface area (Å²) < 4.78 is 0. The van der Waals surface area contributed by atoms with E-state index in [0.717, 1.165) is 0 Å². The van der Waals surface area contributed by atoms with E-state index in [1.54, 1.807) is 54.6 Å². The summed E-state index contributed by atoms with van der Waals surface area (Å²) in [5.74, 6) is -0.649. The second-order valence-electron chi connectivity index (χ2n) is 4.48. The number of carbonyl (C=O) groups is 2. The highest BCUT2D eigenvalue weighted by atomic mass is 35.5. The van der Waals surface area contributed by atoms with E-state index >= 15 is 0 Å². The van der Waals surface area contributed by atoms with Crippen LogP contribution in [-0.4, -0.2) is 18.4 Å². The van der Waals surface area contributed by atoms with Crippen LogP contribution in [0.4, 0.5) is 5.69 Å². The van der Waals surface area contributed by atoms with Gasteiger partial charge in [-0.25, -0.2) is 0 Å². The van der Waals surface area contributed by atoms with Crippen LogP contribution in [0, 0.1) is 0 Å². The molecule has 0 aliphatic rings. The van der Waals surface area contributed by atoms with Gasteiger partial charge < -0.3 is 10.6 Å². The number of hydrogen-bond donors (Lipinski definition) is 2. The standard InChI is InChI=1S/C17H15ClN2O2/c1-2-11-19-16(21)13-8-4-6-10-15(13)20-17(22)12-7-3-5-9-14(12)18/h2-10H,1,11H2,(H,19,21)(H,20,22). The molecule has 2 aromatic carbocycles. The van der Waals surface area contributed by atoms with Crippen LogP contribution in [0.3, 0.4) is 0 Å². The molecule has 0 saturated heterocycles. The smallest absolute Gasteiger partial charge is 0.257 e. The molecule has 2 N–H and O–H groups in total. The lowest BCUT2D eigenvalue weighted by Gasteiger charge is -2.11. The molecule has 5 heteroatoms. The Balaban J connectivity index is 2.23. The summed E-state index contributed by atoms with van der Waals surface area (Å²) in [5.41, 5.74) is 1.16. The van der Waals surface area contributed by atoms with E-state index in [-0.39, 0.29) is 11.8 Å². The van der Waals surface area contributed by atoms with Gasteiger partial charge >= 0.3 is 0 Å². The number of hydrogen-bond acceptors (Lipinski definition) is 2. The maximum Gasteiger partial charge on any atom is 0.257 e. The molecule has 0 unspecified atom stereocenters. The second kappa shape index (κ2) is 7.43. The number of para-hydroxylation sites is 1. The Hall–Kier alpha value is -2.59. The maximum absolute atomic E-state index is 12.3. The zero-order valence-corrected chi connectivity index (χ0v) is 12.6. The minimum absolute atomic E-state index is 0.282. The fourth-order valence-corrected chi connectivity index (χ4v) is 2.11. The summed E-state index contributed by atoms with van der Waals surface area (Å²) in [5, 5.41) is 5.75. The van der Waals surface area contributed by atoms with Gasteiger partial charge in [-0.3, -0.25) is 9.59 Å². The minimum atomic E-state index is -0.366. The van der Waals surface area contributed by atoms with Gasteiger partial charge in [-0.15, -0.1) is 6.58 Å². The Labute approximate surface area is 133 Å². The van der Waals surface area contributed by atoms with Crippen LogP contribution in [-0.2, 0) is 0 Å². The third-order valence-electron chi connectivity index (χ3n) is 2.95. The number of rotatable bonds is 5. The van der Waals surface area contributed by atoms with Crippen molar-refractivity contribution in [2.24, 2.45) is 0 Å². The third-order valence-corrected chi connectivity index (χ3v) is 3.27. The van der Waals surface area contributed by atoms with Crippen molar-refractivity contribution in [2.45, 2.75) is 0 Å². The van der Waals surface area contributed by atoms with Crippen LogP contribution in [0.15, 0.2) is 61.2 Å². The number of benzene rings is 2. The predicted molar refractivity (Wildman–Crippen MR) is 88.4 cm³/mol. The summed E-state index contributed by atoms with van der Waals surface area (Å²) in [6.45, 7) is 3.90. The number of carbonyl (C=O) groups excluding carboxylic acids is 2. The highest BCUT2D eigenvalue weighted by Gasteiger charge is 2.14. The first-order chi connectivity index (χ1) is 10.6. The largest absolute Gasteiger partial charge is 0.349 e. The van der Waals surface area contributed by atoms with Crippen molar-refractivity contribution < 1.29 is 9.59 Å². The van der Waals surface area contributed by atoms with Gasteiger partial charge in [-0.05, 0) is 24.3 Å². The molecule has 0 spiro atoms. The molecule has 2 amide bonds. The summed E-state index contributed by atoms with van der Waals surface area (Å²) in [6.07, 6.45) is 1.59. The van der Waals surface area contributed by atoms with Crippen LogP contribution in [0.5, 0.6) is 0 Å². The Morgan fingerprint density at radius 1 is 1.00 bits per heavy atom. The SMILES string of the molecule is C=CCNC(=O)c1ccccc1NC(=O)c1ccccc1Cl. The molecular weight excluding hydrogens is 300 g/mol. The molecule has 0 aliphatic carbocycles. The molecule has 0 aromatic heterocycles. The lowest BCUT2D eigenvalue weighted by molar-refractivity contribution is 0.0959. The molecule has 4 nitrogen and oxygen atoms in total. The van der Waals surface area contributed by atoms with Crippen LogP contribution >= 0.6 is 11.6 Å². The molecule has 2 aromatic rings. The third kappa shape index (κ3) is 3.74. The monoisotopic (exact) mass is 314 g/mol. The number of amides is 2. The molecule has 0 atom stereocenters. The van der Waals surface area contributed by atoms with E-state index in [1.807, 2.05) is 0 Å². The minimum Gasteiger partial charge on any atom is -0.349 e. The average molecular weight is 315 g/mol. The van der Waals surface area contributed by atoms with Gasteiger partial charge in [-0.2, -0.15) is 0 Å². The lowest BCUT2D eigenvalue weighted by atomic mass is 10.1. The van der Waals surface area contributed by atoms with Crippen molar-refractivity contribution in [1.29, 1.82) is 0 Å². The first kappa shape index (κ1) is 15.8. The van der Waals surface area contributed by atoms with Crippen LogP contribution < -0.4 is 10.6 Å². The van der Waals surface area contributed by atoms with E-state index < -0.39 is 0 Å². The van der Waals surface area contributed by atoms with Gasteiger partial charge in [0.2, 0.25) is 0 Å². The molecule has 0 heterocycles. The Kier molecular flexibility index (Phi) is 5.33. The number of anilines is 1. The van der Waals surface area contributed by atoms with E-state index in [1.165, 1.54) is 0 Å². The van der Waals surface area contributed by atoms with Crippen LogP contribution in [0.25, 0.3) is 0 Å². The van der Waals surface area contributed by atoms with E-state index in [9.17, 15) is 9.59 Å². The Morgan fingerprint density at radius 3 is 2.32 bits per heavy atom. The van der Waals surface area contributed by atoms with Gasteiger partial charge in [0.25, 0.3) is 11.8 Å². The van der Waals surface area contributed by atoms with Crippen LogP contribution in [0.2, 0.25) is 5.02 Å². The second-order valence-corrected chi connectivity index (χ2v) is 4.89. The predicted octanol–water partition coefficient (Wildman–Crippen LogP) is 3.51. The Bertz CT molecular complexity index is 713. The first-order valence-electron chi connectivity index (χ1n) is 6.67. The number of halogens is 1. The van der Waals surface area contributed by atoms with Gasteiger partial charge in [0.1, 0.15) is 0 Å². The zero-order valence-electron chi connectivity index (χ0n) is 11.8. The molecule has 112 valence electrons. The molecule has 22 heavy (non-hydrogen) atoms. The fraction of sp³-hybridized carbons (Fsp3) is 0.0588. The topological polar surface area (TPSA) is 58.2 Å². The van der Waals surface area contributed by atoms with Crippen molar-refractivity contribution in [3.05, 3.63) is 77.3 Å². The van der Waals surface area contributed by atoms with Crippen molar-refractivity contribution in [1.82, 2.24) is 5.32 Å². The maximum atomic E-state index is 12.3. The van der Waals surface area contributed by atoms with Crippen molar-refractivity contribution in [3.8, 4) is 0 Å². The van der Waals surface area contributed by atoms with Gasteiger partial charge in [0, 0.05) is 6.54 Å². The van der Waals surface area contributed by atoms with Crippen molar-refractivity contribution in [3.63, 3.8) is 0 Å². The first-order valence-corrected chi connectivity index (χ1v) is 7.05. The molecule has 0 aliphatic heterocycles. The molecule has 0 saturated carbocycles. The molecule has 0 bridgehead atoms. The molecule has 2 rings (SSSR count). The van der Waals surface area contributed by atoms with E-state index in [2.05, 4.69) is 17.2 Å². The highest BCUT2D eigenvalue weighted by Crippen LogP contribution is 2.19. The van der Waals surface area contributed by atoms with E-state index in [4.69, 9.17) is 11.6 Å². The van der Waals surface area contributed by atoms with Gasteiger partial charge in [0.15, 0.2) is 0 Å². The van der Waals surface area contributed by atoms with Crippen LogP contribution in [0.1, 0.15) is 20.7 Å². The highest BCUT2D eigenvalue weighted by molar-refractivity contribution is 6.34. The lowest BCUT2D eigenvalue weighted by Crippen LogP contribution is -2.25. The number of nitrogens with one attached hydrogen (secondary N) is 2.